The third-order valence-electron chi connectivity index (χ3n) is 12.4. The Kier molecular flexibility index (Phi) is 7.08. The lowest BCUT2D eigenvalue weighted by atomic mass is 10.0. The molecule has 0 bridgehead atoms. The van der Waals surface area contributed by atoms with E-state index in [1.165, 1.54) is 56.5 Å². The van der Waals surface area contributed by atoms with Crippen molar-refractivity contribution in [3.8, 4) is 39.9 Å². The molecule has 288 valence electrons. The first-order valence-electron chi connectivity index (χ1n) is 20.7. The molecule has 7 heteroatoms. The lowest BCUT2D eigenvalue weighted by Gasteiger charge is -2.15. The molecule has 0 saturated carbocycles. The van der Waals surface area contributed by atoms with E-state index in [2.05, 4.69) is 174 Å². The minimum Gasteiger partial charge on any atom is -0.454 e. The van der Waals surface area contributed by atoms with E-state index in [4.69, 9.17) is 19.4 Å². The van der Waals surface area contributed by atoms with Crippen LogP contribution in [0, 0.1) is 0 Å². The van der Waals surface area contributed by atoms with Gasteiger partial charge in [0.15, 0.2) is 23.1 Å². The summed E-state index contributed by atoms with van der Waals surface area (Å²) in [4.78, 5) is 16.2. The summed E-state index contributed by atoms with van der Waals surface area (Å²) in [7, 11) is 0. The molecule has 0 spiro atoms. The first kappa shape index (κ1) is 34.0. The molecular formula is C55H30N4OS2. The van der Waals surface area contributed by atoms with Gasteiger partial charge in [0.25, 0.3) is 0 Å². The highest BCUT2D eigenvalue weighted by Gasteiger charge is 2.25. The zero-order valence-electron chi connectivity index (χ0n) is 32.8. The monoisotopic (exact) mass is 826 g/mol. The van der Waals surface area contributed by atoms with Crippen molar-refractivity contribution in [1.82, 2.24) is 19.5 Å². The van der Waals surface area contributed by atoms with Gasteiger partial charge in [-0.05, 0) is 95.7 Å². The normalized spacial score (nSPS) is 12.2. The van der Waals surface area contributed by atoms with Crippen LogP contribution in [0.1, 0.15) is 0 Å². The van der Waals surface area contributed by atoms with Gasteiger partial charge in [0.1, 0.15) is 11.3 Å². The molecule has 0 saturated heterocycles. The van der Waals surface area contributed by atoms with Gasteiger partial charge in [-0.1, -0.05) is 97.1 Å². The predicted octanol–water partition coefficient (Wildman–Crippen LogP) is 15.8. The summed E-state index contributed by atoms with van der Waals surface area (Å²) >= 11 is 3.62. The third-order valence-corrected chi connectivity index (χ3v) is 14.7. The average Bonchev–Trinajstić information content (AvgIpc) is 4.09. The zero-order chi connectivity index (χ0) is 40.5. The van der Waals surface area contributed by atoms with E-state index in [0.29, 0.717) is 17.5 Å². The van der Waals surface area contributed by atoms with Crippen LogP contribution in [-0.2, 0) is 0 Å². The van der Waals surface area contributed by atoms with Crippen LogP contribution < -0.4 is 0 Å². The molecule has 9 aromatic carbocycles. The fourth-order valence-corrected chi connectivity index (χ4v) is 11.7. The number of benzene rings is 9. The van der Waals surface area contributed by atoms with Gasteiger partial charge in [0, 0.05) is 78.6 Å². The Morgan fingerprint density at radius 1 is 0.371 bits per heavy atom. The molecule has 0 aliphatic carbocycles. The standard InChI is InChI=1S/C55H30N4OS2/c1-2-12-32-30-45-41(27-31(32)11-1)35-13-3-7-17-44(35)59(45)51-40(24-23-39-36-14-4-8-18-46(36)60-52(39)51)55-57-53(33-21-25-49-42(28-33)37-15-5-9-19-47(37)61-49)56-54(58-55)34-22-26-50-43(29-34)38-16-6-10-20-48(38)62-50/h1-30H. The van der Waals surface area contributed by atoms with Crippen molar-refractivity contribution in [2.45, 2.75) is 0 Å². The van der Waals surface area contributed by atoms with Crippen molar-refractivity contribution in [2.24, 2.45) is 0 Å². The summed E-state index contributed by atoms with van der Waals surface area (Å²) in [5, 5.41) is 11.6. The quantitative estimate of drug-likeness (QED) is 0.177. The fourth-order valence-electron chi connectivity index (χ4n) is 9.56. The van der Waals surface area contributed by atoms with Crippen molar-refractivity contribution < 1.29 is 4.42 Å². The summed E-state index contributed by atoms with van der Waals surface area (Å²) in [5.41, 5.74) is 7.37. The molecule has 5 heterocycles. The number of fused-ring (bicyclic) bond motifs is 13. The number of hydrogen-bond acceptors (Lipinski definition) is 6. The van der Waals surface area contributed by atoms with Crippen molar-refractivity contribution in [3.05, 3.63) is 182 Å². The molecule has 0 aliphatic rings. The lowest BCUT2D eigenvalue weighted by Crippen LogP contribution is -2.04. The van der Waals surface area contributed by atoms with Crippen LogP contribution in [0.15, 0.2) is 186 Å². The topological polar surface area (TPSA) is 56.7 Å². The maximum absolute atomic E-state index is 6.96. The Balaban J connectivity index is 1.10. The molecule has 5 aromatic heterocycles. The largest absolute Gasteiger partial charge is 0.454 e. The maximum atomic E-state index is 6.96. The number of nitrogens with zero attached hydrogens (tertiary/aromatic N) is 4. The third kappa shape index (κ3) is 4.97. The van der Waals surface area contributed by atoms with Crippen LogP contribution in [0.5, 0.6) is 0 Å². The number of thiophene rings is 2. The SMILES string of the molecule is c1ccc2cc3c(cc2c1)c1ccccc1n3-c1c(-c2nc(-c3ccc4sc5ccccc5c4c3)nc(-c3ccc4sc5ccccc5c4c3)n2)ccc2c1oc1ccccc12. The van der Waals surface area contributed by atoms with Gasteiger partial charge in [-0.15, -0.1) is 22.7 Å². The van der Waals surface area contributed by atoms with Gasteiger partial charge in [-0.25, -0.2) is 15.0 Å². The fraction of sp³-hybridized carbons (Fsp3) is 0. The number of aromatic nitrogens is 4. The second-order valence-electron chi connectivity index (χ2n) is 15.9. The van der Waals surface area contributed by atoms with E-state index in [1.807, 2.05) is 34.8 Å². The van der Waals surface area contributed by atoms with Gasteiger partial charge >= 0.3 is 0 Å². The maximum Gasteiger partial charge on any atom is 0.166 e. The van der Waals surface area contributed by atoms with Crippen LogP contribution in [0.25, 0.3) is 135 Å². The lowest BCUT2D eigenvalue weighted by molar-refractivity contribution is 0.666. The van der Waals surface area contributed by atoms with E-state index in [-0.39, 0.29) is 0 Å². The van der Waals surface area contributed by atoms with Crippen molar-refractivity contribution in [1.29, 1.82) is 0 Å². The molecule has 0 atom stereocenters. The minimum absolute atomic E-state index is 0.569. The Morgan fingerprint density at radius 2 is 0.919 bits per heavy atom. The molecule has 14 aromatic rings. The van der Waals surface area contributed by atoms with Crippen molar-refractivity contribution >= 4 is 118 Å². The van der Waals surface area contributed by atoms with Crippen LogP contribution in [0.3, 0.4) is 0 Å². The van der Waals surface area contributed by atoms with Crippen LogP contribution in [0.2, 0.25) is 0 Å². The Morgan fingerprint density at radius 3 is 1.61 bits per heavy atom. The zero-order valence-corrected chi connectivity index (χ0v) is 34.5. The van der Waals surface area contributed by atoms with Gasteiger partial charge < -0.3 is 8.98 Å². The molecule has 0 N–H and O–H groups in total. The van der Waals surface area contributed by atoms with Crippen LogP contribution in [-0.4, -0.2) is 19.5 Å². The number of rotatable bonds is 4. The van der Waals surface area contributed by atoms with Crippen LogP contribution in [0.4, 0.5) is 0 Å². The highest BCUT2D eigenvalue weighted by Crippen LogP contribution is 2.44. The molecule has 0 amide bonds. The molecule has 14 rings (SSSR count). The molecular weight excluding hydrogens is 797 g/mol. The van der Waals surface area contributed by atoms with Gasteiger partial charge in [-0.2, -0.15) is 0 Å². The highest BCUT2D eigenvalue weighted by atomic mass is 32.1. The van der Waals surface area contributed by atoms with E-state index in [9.17, 15) is 0 Å². The highest BCUT2D eigenvalue weighted by molar-refractivity contribution is 7.26. The first-order chi connectivity index (χ1) is 30.7. The molecule has 0 radical (unpaired) electrons. The summed E-state index contributed by atoms with van der Waals surface area (Å²) in [6, 6.07) is 64.9. The molecule has 0 unspecified atom stereocenters. The Bertz CT molecular complexity index is 4060. The summed E-state index contributed by atoms with van der Waals surface area (Å²) in [6.07, 6.45) is 0. The Labute approximate surface area is 361 Å². The average molecular weight is 827 g/mol. The Hall–Kier alpha value is -7.71. The van der Waals surface area contributed by atoms with Crippen molar-refractivity contribution in [3.63, 3.8) is 0 Å². The number of furan rings is 1. The van der Waals surface area contributed by atoms with Crippen LogP contribution >= 0.6 is 22.7 Å². The van der Waals surface area contributed by atoms with Gasteiger partial charge in [0.05, 0.1) is 11.0 Å². The first-order valence-corrected chi connectivity index (χ1v) is 22.3. The molecule has 62 heavy (non-hydrogen) atoms. The minimum atomic E-state index is 0.569. The number of hydrogen-bond donors (Lipinski definition) is 0. The van der Waals surface area contributed by atoms with E-state index >= 15 is 0 Å². The number of para-hydroxylation sites is 2. The summed E-state index contributed by atoms with van der Waals surface area (Å²) < 4.78 is 14.3. The molecule has 0 fully saturated rings. The molecule has 0 aliphatic heterocycles. The predicted molar refractivity (Wildman–Crippen MR) is 261 cm³/mol. The summed E-state index contributed by atoms with van der Waals surface area (Å²) in [6.45, 7) is 0. The second kappa shape index (κ2) is 12.9. The van der Waals surface area contributed by atoms with E-state index in [0.717, 1.165) is 60.7 Å². The smallest absolute Gasteiger partial charge is 0.166 e. The van der Waals surface area contributed by atoms with E-state index in [1.54, 1.807) is 0 Å². The second-order valence-corrected chi connectivity index (χ2v) is 18.1. The van der Waals surface area contributed by atoms with Gasteiger partial charge in [-0.3, -0.25) is 0 Å². The summed E-state index contributed by atoms with van der Waals surface area (Å²) in [5.74, 6) is 1.79. The van der Waals surface area contributed by atoms with Crippen molar-refractivity contribution in [2.75, 3.05) is 0 Å². The van der Waals surface area contributed by atoms with E-state index < -0.39 is 0 Å². The van der Waals surface area contributed by atoms with Gasteiger partial charge in [0.2, 0.25) is 0 Å². The molecule has 5 nitrogen and oxygen atoms in total.